The van der Waals surface area contributed by atoms with Crippen LogP contribution in [0.4, 0.5) is 5.13 Å². The molecule has 0 spiro atoms. The molecule has 1 fully saturated rings. The van der Waals surface area contributed by atoms with Crippen LogP contribution in [0.3, 0.4) is 0 Å². The minimum absolute atomic E-state index is 0.247. The molecular formula is C12H22N4OS. The Kier molecular flexibility index (Phi) is 4.94. The van der Waals surface area contributed by atoms with E-state index in [1.165, 1.54) is 17.7 Å². The maximum absolute atomic E-state index is 8.95. The Bertz CT molecular complexity index is 363. The number of hydrogen-bond donors (Lipinski definition) is 2. The number of aliphatic hydroxyl groups excluding tert-OH is 1. The zero-order valence-electron chi connectivity index (χ0n) is 10.9. The van der Waals surface area contributed by atoms with Crippen molar-refractivity contribution in [2.24, 2.45) is 0 Å². The van der Waals surface area contributed by atoms with Gasteiger partial charge in [0, 0.05) is 43.3 Å². The second kappa shape index (κ2) is 6.47. The lowest BCUT2D eigenvalue weighted by Crippen LogP contribution is -2.43. The lowest BCUT2D eigenvalue weighted by atomic mass is 10.0. The topological polar surface area (TPSA) is 65.6 Å². The first kappa shape index (κ1) is 13.7. The third kappa shape index (κ3) is 3.65. The van der Waals surface area contributed by atoms with Crippen LogP contribution >= 0.6 is 11.3 Å². The number of nitrogen functional groups attached to an aromatic ring is 1. The van der Waals surface area contributed by atoms with Gasteiger partial charge >= 0.3 is 0 Å². The lowest BCUT2D eigenvalue weighted by Gasteiger charge is -2.36. The average molecular weight is 270 g/mol. The van der Waals surface area contributed by atoms with E-state index < -0.39 is 0 Å². The molecule has 1 aromatic heterocycles. The summed E-state index contributed by atoms with van der Waals surface area (Å²) in [4.78, 5) is 10.0. The molecule has 0 amide bonds. The zero-order valence-corrected chi connectivity index (χ0v) is 11.7. The van der Waals surface area contributed by atoms with Crippen molar-refractivity contribution in [3.05, 3.63) is 11.1 Å². The molecular weight excluding hydrogens is 248 g/mol. The summed E-state index contributed by atoms with van der Waals surface area (Å²) >= 11 is 1.58. The molecule has 0 radical (unpaired) electrons. The summed E-state index contributed by atoms with van der Waals surface area (Å²) in [6.45, 7) is 4.20. The van der Waals surface area contributed by atoms with Gasteiger partial charge in [-0.05, 0) is 19.9 Å². The number of thiazole rings is 1. The van der Waals surface area contributed by atoms with E-state index in [1.54, 1.807) is 11.3 Å². The number of hydrogen-bond acceptors (Lipinski definition) is 6. The highest BCUT2D eigenvalue weighted by atomic mass is 32.1. The lowest BCUT2D eigenvalue weighted by molar-refractivity contribution is 0.108. The van der Waals surface area contributed by atoms with Gasteiger partial charge in [-0.2, -0.15) is 0 Å². The van der Waals surface area contributed by atoms with E-state index in [1.807, 2.05) is 6.20 Å². The number of aromatic nitrogens is 1. The molecule has 0 aromatic carbocycles. The van der Waals surface area contributed by atoms with Crippen LogP contribution in [0.25, 0.3) is 0 Å². The van der Waals surface area contributed by atoms with Crippen LogP contribution in [0.15, 0.2) is 6.20 Å². The number of nitrogens with two attached hydrogens (primary N) is 1. The molecule has 1 saturated heterocycles. The summed E-state index contributed by atoms with van der Waals surface area (Å²) in [6.07, 6.45) is 4.22. The number of anilines is 1. The van der Waals surface area contributed by atoms with Gasteiger partial charge in [-0.1, -0.05) is 0 Å². The Morgan fingerprint density at radius 2 is 2.28 bits per heavy atom. The summed E-state index contributed by atoms with van der Waals surface area (Å²) < 4.78 is 0. The molecule has 102 valence electrons. The van der Waals surface area contributed by atoms with Crippen LogP contribution < -0.4 is 5.73 Å². The van der Waals surface area contributed by atoms with Gasteiger partial charge < -0.3 is 15.7 Å². The van der Waals surface area contributed by atoms with E-state index >= 15 is 0 Å². The van der Waals surface area contributed by atoms with Crippen molar-refractivity contribution >= 4 is 16.5 Å². The van der Waals surface area contributed by atoms with E-state index in [4.69, 9.17) is 10.8 Å². The molecule has 5 nitrogen and oxygen atoms in total. The zero-order chi connectivity index (χ0) is 13.0. The molecule has 2 rings (SSSR count). The highest BCUT2D eigenvalue weighted by molar-refractivity contribution is 7.15. The Balaban J connectivity index is 1.76. The van der Waals surface area contributed by atoms with Crippen molar-refractivity contribution < 1.29 is 5.11 Å². The van der Waals surface area contributed by atoms with Crippen LogP contribution in [0.2, 0.25) is 0 Å². The van der Waals surface area contributed by atoms with Crippen molar-refractivity contribution in [1.29, 1.82) is 0 Å². The van der Waals surface area contributed by atoms with E-state index in [-0.39, 0.29) is 6.61 Å². The molecule has 0 unspecified atom stereocenters. The molecule has 3 N–H and O–H groups in total. The van der Waals surface area contributed by atoms with Gasteiger partial charge in [0.2, 0.25) is 0 Å². The first-order valence-corrected chi connectivity index (χ1v) is 7.24. The smallest absolute Gasteiger partial charge is 0.180 e. The fourth-order valence-corrected chi connectivity index (χ4v) is 3.20. The molecule has 0 atom stereocenters. The summed E-state index contributed by atoms with van der Waals surface area (Å²) in [5.74, 6) is 0. The van der Waals surface area contributed by atoms with E-state index in [9.17, 15) is 0 Å². The first-order chi connectivity index (χ1) is 8.69. The van der Waals surface area contributed by atoms with Crippen LogP contribution in [-0.2, 0) is 6.54 Å². The van der Waals surface area contributed by atoms with Crippen molar-refractivity contribution in [2.45, 2.75) is 25.4 Å². The van der Waals surface area contributed by atoms with Crippen LogP contribution in [-0.4, -0.2) is 59.2 Å². The van der Waals surface area contributed by atoms with Crippen molar-refractivity contribution in [2.75, 3.05) is 39.0 Å². The van der Waals surface area contributed by atoms with Gasteiger partial charge in [0.15, 0.2) is 5.13 Å². The van der Waals surface area contributed by atoms with Crippen LogP contribution in [0, 0.1) is 0 Å². The minimum atomic E-state index is 0.247. The molecule has 2 heterocycles. The minimum Gasteiger partial charge on any atom is -0.395 e. The van der Waals surface area contributed by atoms with Crippen molar-refractivity contribution in [3.8, 4) is 0 Å². The summed E-state index contributed by atoms with van der Waals surface area (Å²) in [5.41, 5.74) is 5.64. The summed E-state index contributed by atoms with van der Waals surface area (Å²) in [6, 6.07) is 0.611. The number of likely N-dealkylation sites (tertiary alicyclic amines) is 1. The second-order valence-electron chi connectivity index (χ2n) is 4.88. The van der Waals surface area contributed by atoms with E-state index in [0.29, 0.717) is 11.2 Å². The van der Waals surface area contributed by atoms with E-state index in [0.717, 1.165) is 26.2 Å². The monoisotopic (exact) mass is 270 g/mol. The standard InChI is InChI=1S/C12H22N4OS/c1-15(6-7-17)10-2-4-16(5-3-10)9-11-8-14-12(13)18-11/h8,10,17H,2-7,9H2,1H3,(H2,13,14). The third-order valence-corrected chi connectivity index (χ3v) is 4.40. The Labute approximate surface area is 112 Å². The SMILES string of the molecule is CN(CCO)C1CCN(Cc2cnc(N)s2)CC1. The van der Waals surface area contributed by atoms with Crippen LogP contribution in [0.5, 0.6) is 0 Å². The number of nitrogens with zero attached hydrogens (tertiary/aromatic N) is 3. The van der Waals surface area contributed by atoms with Gasteiger partial charge in [-0.15, -0.1) is 11.3 Å². The number of rotatable bonds is 5. The van der Waals surface area contributed by atoms with Gasteiger partial charge in [-0.3, -0.25) is 4.90 Å². The molecule has 0 bridgehead atoms. The molecule has 1 aromatic rings. The largest absolute Gasteiger partial charge is 0.395 e. The van der Waals surface area contributed by atoms with Gasteiger partial charge in [0.1, 0.15) is 0 Å². The fourth-order valence-electron chi connectivity index (χ4n) is 2.47. The highest BCUT2D eigenvalue weighted by Crippen LogP contribution is 2.20. The third-order valence-electron chi connectivity index (χ3n) is 3.58. The maximum Gasteiger partial charge on any atom is 0.180 e. The average Bonchev–Trinajstić information content (AvgIpc) is 2.76. The Morgan fingerprint density at radius 3 is 2.83 bits per heavy atom. The van der Waals surface area contributed by atoms with E-state index in [2.05, 4.69) is 21.8 Å². The summed E-state index contributed by atoms with van der Waals surface area (Å²) in [7, 11) is 2.10. The highest BCUT2D eigenvalue weighted by Gasteiger charge is 2.22. The maximum atomic E-state index is 8.95. The predicted octanol–water partition coefficient (Wildman–Crippen LogP) is 0.614. The second-order valence-corrected chi connectivity index (χ2v) is 6.02. The molecule has 1 aliphatic rings. The number of likely N-dealkylation sites (N-methyl/N-ethyl adjacent to an activating group) is 1. The molecule has 1 aliphatic heterocycles. The molecule has 0 aliphatic carbocycles. The molecule has 18 heavy (non-hydrogen) atoms. The first-order valence-electron chi connectivity index (χ1n) is 6.42. The predicted molar refractivity (Wildman–Crippen MR) is 74.5 cm³/mol. The Morgan fingerprint density at radius 1 is 1.56 bits per heavy atom. The molecule has 6 heteroatoms. The summed E-state index contributed by atoms with van der Waals surface area (Å²) in [5, 5.41) is 9.60. The van der Waals surface area contributed by atoms with Crippen molar-refractivity contribution in [1.82, 2.24) is 14.8 Å². The van der Waals surface area contributed by atoms with Gasteiger partial charge in [0.25, 0.3) is 0 Å². The van der Waals surface area contributed by atoms with Gasteiger partial charge in [-0.25, -0.2) is 4.98 Å². The number of piperidine rings is 1. The van der Waals surface area contributed by atoms with Crippen molar-refractivity contribution in [3.63, 3.8) is 0 Å². The Hall–Kier alpha value is -0.690. The fraction of sp³-hybridized carbons (Fsp3) is 0.750. The molecule has 0 saturated carbocycles. The van der Waals surface area contributed by atoms with Gasteiger partial charge in [0.05, 0.1) is 6.61 Å². The quantitative estimate of drug-likeness (QED) is 0.821. The normalized spacial score (nSPS) is 18.6. The van der Waals surface area contributed by atoms with Crippen LogP contribution in [0.1, 0.15) is 17.7 Å². The number of aliphatic hydroxyl groups is 1.